The van der Waals surface area contributed by atoms with Crippen LogP contribution in [0, 0.1) is 0 Å². The first-order valence-electron chi connectivity index (χ1n) is 2.74. The first-order chi connectivity index (χ1) is 4.41. The van der Waals surface area contributed by atoms with Gasteiger partial charge in [-0.1, -0.05) is 29.4 Å². The molecule has 10 heavy (non-hydrogen) atoms. The molecule has 0 amide bonds. The number of nitrogens with one attached hydrogen (secondary N) is 1. The highest BCUT2D eigenvalue weighted by Gasteiger charge is 2.16. The van der Waals surface area contributed by atoms with E-state index in [1.807, 2.05) is 0 Å². The molecule has 0 spiro atoms. The van der Waals surface area contributed by atoms with E-state index in [-0.39, 0.29) is 0 Å². The molecule has 0 aliphatic heterocycles. The molecule has 0 aromatic carbocycles. The van der Waals surface area contributed by atoms with E-state index >= 15 is 0 Å². The van der Waals surface area contributed by atoms with Gasteiger partial charge in [0.05, 0.1) is 0 Å². The molecule has 0 saturated heterocycles. The van der Waals surface area contributed by atoms with Crippen molar-refractivity contribution in [3.8, 4) is 0 Å². The second kappa shape index (κ2) is 7.14. The van der Waals surface area contributed by atoms with Crippen molar-refractivity contribution in [3.63, 3.8) is 0 Å². The van der Waals surface area contributed by atoms with Gasteiger partial charge >= 0.3 is 11.6 Å². The molecule has 0 saturated carbocycles. The summed E-state index contributed by atoms with van der Waals surface area (Å²) in [5, 5.41) is 3.11. The molecule has 0 atom stereocenters. The van der Waals surface area contributed by atoms with Crippen LogP contribution in [0.4, 0.5) is 15.5 Å². The lowest BCUT2D eigenvalue weighted by Crippen LogP contribution is -2.09. The fourth-order valence-electron chi connectivity index (χ4n) is 0.250. The zero-order valence-corrected chi connectivity index (χ0v) is 6.65. The molecular formula is C4H11F4NS. The van der Waals surface area contributed by atoms with E-state index in [9.17, 15) is 15.5 Å². The first-order valence-corrected chi connectivity index (χ1v) is 3.97. The molecule has 6 heteroatoms. The molecule has 66 valence electrons. The molecule has 1 N–H and O–H groups in total. The molecular weight excluding hydrogens is 170 g/mol. The van der Waals surface area contributed by atoms with Crippen molar-refractivity contribution in [1.29, 1.82) is 0 Å². The van der Waals surface area contributed by atoms with Crippen LogP contribution in [0.5, 0.6) is 0 Å². The van der Waals surface area contributed by atoms with Gasteiger partial charge in [0.1, 0.15) is 0 Å². The van der Waals surface area contributed by atoms with Crippen LogP contribution in [0.25, 0.3) is 0 Å². The fraction of sp³-hybridized carbons (Fsp3) is 1.00. The molecule has 0 aliphatic carbocycles. The molecule has 0 fully saturated rings. The summed E-state index contributed by atoms with van der Waals surface area (Å²) in [5.74, 6) is 0. The Morgan fingerprint density at radius 1 is 1.00 bits per heavy atom. The van der Waals surface area contributed by atoms with Crippen molar-refractivity contribution in [3.05, 3.63) is 0 Å². The third kappa shape index (κ3) is 96.3. The van der Waals surface area contributed by atoms with E-state index in [0.717, 1.165) is 13.1 Å². The Morgan fingerprint density at radius 3 is 1.20 bits per heavy atom. The molecule has 0 aromatic rings. The van der Waals surface area contributed by atoms with Crippen molar-refractivity contribution in [2.24, 2.45) is 0 Å². The average molecular weight is 181 g/mol. The van der Waals surface area contributed by atoms with Gasteiger partial charge in [0.25, 0.3) is 0 Å². The van der Waals surface area contributed by atoms with E-state index in [1.54, 1.807) is 0 Å². The Morgan fingerprint density at radius 2 is 1.20 bits per heavy atom. The predicted molar refractivity (Wildman–Crippen MR) is 36.2 cm³/mol. The van der Waals surface area contributed by atoms with Crippen LogP contribution in [0.1, 0.15) is 13.8 Å². The monoisotopic (exact) mass is 181 g/mol. The lowest BCUT2D eigenvalue weighted by molar-refractivity contribution is 0.543. The van der Waals surface area contributed by atoms with E-state index in [2.05, 4.69) is 19.2 Å². The highest BCUT2D eigenvalue weighted by atomic mass is 32.4. The number of hydrogen-bond donors (Lipinski definition) is 1. The topological polar surface area (TPSA) is 12.0 Å². The van der Waals surface area contributed by atoms with Gasteiger partial charge in [0.2, 0.25) is 0 Å². The summed E-state index contributed by atoms with van der Waals surface area (Å²) in [6.07, 6.45) is 0. The maximum absolute atomic E-state index is 9.77. The molecule has 0 aliphatic rings. The van der Waals surface area contributed by atoms with Gasteiger partial charge in [-0.2, -0.15) is 0 Å². The standard InChI is InChI=1S/C4H11N.F4S/c1-3-5-4-2;1-5(2,3)4/h5H,3-4H2,1-2H3;. The number of halogens is 4. The van der Waals surface area contributed by atoms with E-state index in [4.69, 9.17) is 0 Å². The molecule has 0 unspecified atom stereocenters. The second-order valence-corrected chi connectivity index (χ2v) is 2.01. The second-order valence-electron chi connectivity index (χ2n) is 1.31. The average Bonchev–Trinajstić information content (AvgIpc) is 1.63. The van der Waals surface area contributed by atoms with E-state index < -0.39 is 11.6 Å². The quantitative estimate of drug-likeness (QED) is 0.646. The van der Waals surface area contributed by atoms with Gasteiger partial charge in [-0.25, -0.2) is 0 Å². The van der Waals surface area contributed by atoms with Gasteiger partial charge in [0, 0.05) is 0 Å². The normalized spacial score (nSPS) is 11.8. The lowest BCUT2D eigenvalue weighted by atomic mass is 10.7. The molecule has 0 heterocycles. The van der Waals surface area contributed by atoms with Crippen LogP contribution in [-0.4, -0.2) is 13.1 Å². The van der Waals surface area contributed by atoms with Crippen LogP contribution < -0.4 is 5.32 Å². The van der Waals surface area contributed by atoms with Crippen LogP contribution >= 0.6 is 11.6 Å². The molecule has 0 bridgehead atoms. The molecule has 0 radical (unpaired) electrons. The van der Waals surface area contributed by atoms with Gasteiger partial charge in [-0.15, -0.1) is 0 Å². The predicted octanol–water partition coefficient (Wildman–Crippen LogP) is 2.94. The summed E-state index contributed by atoms with van der Waals surface area (Å²) in [7, 11) is 0. The van der Waals surface area contributed by atoms with Crippen molar-refractivity contribution in [1.82, 2.24) is 5.32 Å². The highest BCUT2D eigenvalue weighted by Crippen LogP contribution is 2.54. The van der Waals surface area contributed by atoms with Crippen molar-refractivity contribution in [2.45, 2.75) is 13.8 Å². The lowest BCUT2D eigenvalue weighted by Gasteiger charge is -1.87. The summed E-state index contributed by atoms with van der Waals surface area (Å²) >= 11 is -6.17. The Balaban J connectivity index is 0. The third-order valence-electron chi connectivity index (χ3n) is 0.500. The van der Waals surface area contributed by atoms with Crippen LogP contribution in [-0.2, 0) is 0 Å². The van der Waals surface area contributed by atoms with E-state index in [0.29, 0.717) is 0 Å². The minimum atomic E-state index is -6.17. The minimum Gasteiger partial charge on any atom is -0.317 e. The summed E-state index contributed by atoms with van der Waals surface area (Å²) < 4.78 is 39.1. The van der Waals surface area contributed by atoms with Crippen LogP contribution in [0.15, 0.2) is 0 Å². The largest absolute Gasteiger partial charge is 0.379 e. The van der Waals surface area contributed by atoms with Gasteiger partial charge in [-0.3, -0.25) is 0 Å². The summed E-state index contributed by atoms with van der Waals surface area (Å²) in [6, 6.07) is 0. The van der Waals surface area contributed by atoms with Crippen LogP contribution in [0.3, 0.4) is 0 Å². The Kier molecular flexibility index (Phi) is 9.06. The van der Waals surface area contributed by atoms with Crippen molar-refractivity contribution < 1.29 is 15.5 Å². The van der Waals surface area contributed by atoms with Gasteiger partial charge < -0.3 is 5.32 Å². The SMILES string of the molecule is CCNCC.FS(F)(F)F. The smallest absolute Gasteiger partial charge is 0.317 e. The van der Waals surface area contributed by atoms with Gasteiger partial charge in [-0.05, 0) is 13.1 Å². The Labute approximate surface area is 60.3 Å². The first kappa shape index (κ1) is 12.7. The summed E-state index contributed by atoms with van der Waals surface area (Å²) in [6.45, 7) is 6.39. The zero-order chi connectivity index (χ0) is 8.62. The van der Waals surface area contributed by atoms with Crippen molar-refractivity contribution in [2.75, 3.05) is 13.1 Å². The fourth-order valence-corrected chi connectivity index (χ4v) is 0.250. The van der Waals surface area contributed by atoms with Crippen molar-refractivity contribution >= 4 is 11.6 Å². The van der Waals surface area contributed by atoms with Crippen LogP contribution in [0.2, 0.25) is 0 Å². The third-order valence-corrected chi connectivity index (χ3v) is 0.500. The minimum absolute atomic E-state index is 1.09. The highest BCUT2D eigenvalue weighted by molar-refractivity contribution is 8.16. The number of rotatable bonds is 2. The Bertz CT molecular complexity index is 56.8. The Hall–Kier alpha value is 0.0300. The van der Waals surface area contributed by atoms with Gasteiger partial charge in [0.15, 0.2) is 0 Å². The maximum Gasteiger partial charge on any atom is 0.379 e. The molecule has 1 nitrogen and oxygen atoms in total. The summed E-state index contributed by atoms with van der Waals surface area (Å²) in [4.78, 5) is 0. The maximum atomic E-state index is 9.77. The number of hydrogen-bond acceptors (Lipinski definition) is 1. The van der Waals surface area contributed by atoms with E-state index in [1.165, 1.54) is 0 Å². The molecule has 0 aromatic heterocycles. The molecule has 0 rings (SSSR count). The zero-order valence-electron chi connectivity index (χ0n) is 5.83. The summed E-state index contributed by atoms with van der Waals surface area (Å²) in [5.41, 5.74) is 0.